The predicted molar refractivity (Wildman–Crippen MR) is 74.2 cm³/mol. The van der Waals surface area contributed by atoms with Gasteiger partial charge >= 0.3 is 0 Å². The zero-order valence-electron chi connectivity index (χ0n) is 12.3. The molecular weight excluding hydrogens is 224 g/mol. The quantitative estimate of drug-likeness (QED) is 0.790. The van der Waals surface area contributed by atoms with Crippen LogP contribution in [0.3, 0.4) is 0 Å². The second kappa shape index (κ2) is 7.76. The summed E-state index contributed by atoms with van der Waals surface area (Å²) in [4.78, 5) is 0. The molecule has 1 saturated carbocycles. The van der Waals surface area contributed by atoms with Crippen LogP contribution < -0.4 is 5.32 Å². The summed E-state index contributed by atoms with van der Waals surface area (Å²) in [5.74, 6) is 1.55. The smallest absolute Gasteiger partial charge is 0.0976 e. The summed E-state index contributed by atoms with van der Waals surface area (Å²) in [6.07, 6.45) is 4.88. The topological polar surface area (TPSA) is 45.0 Å². The Kier molecular flexibility index (Phi) is 6.67. The van der Waals surface area contributed by atoms with Crippen molar-refractivity contribution in [3.8, 4) is 6.07 Å². The van der Waals surface area contributed by atoms with E-state index >= 15 is 0 Å². The molecule has 3 nitrogen and oxygen atoms in total. The Hall–Kier alpha value is -0.590. The minimum absolute atomic E-state index is 0.0802. The number of hydrogen-bond donors (Lipinski definition) is 1. The molecule has 18 heavy (non-hydrogen) atoms. The lowest BCUT2D eigenvalue weighted by Crippen LogP contribution is -2.35. The summed E-state index contributed by atoms with van der Waals surface area (Å²) in [5.41, 5.74) is 0. The molecule has 1 aliphatic rings. The van der Waals surface area contributed by atoms with Gasteiger partial charge in [-0.25, -0.2) is 0 Å². The van der Waals surface area contributed by atoms with Crippen LogP contribution in [0.15, 0.2) is 0 Å². The monoisotopic (exact) mass is 252 g/mol. The standard InChI is InChI=1S/C15H28N2O/c1-11(2)17-14(10-16)5-6-18-15-8-12(3)7-13(4)9-15/h11-15,17H,5-9H2,1-4H3. The third-order valence-electron chi connectivity index (χ3n) is 3.59. The highest BCUT2D eigenvalue weighted by atomic mass is 16.5. The average molecular weight is 252 g/mol. The molecule has 0 saturated heterocycles. The zero-order chi connectivity index (χ0) is 13.5. The van der Waals surface area contributed by atoms with Crippen molar-refractivity contribution in [1.29, 1.82) is 5.26 Å². The van der Waals surface area contributed by atoms with Crippen molar-refractivity contribution in [2.45, 2.75) is 71.6 Å². The van der Waals surface area contributed by atoms with Gasteiger partial charge in [-0.1, -0.05) is 13.8 Å². The number of rotatable bonds is 6. The third kappa shape index (κ3) is 5.84. The van der Waals surface area contributed by atoms with E-state index in [9.17, 15) is 0 Å². The summed E-state index contributed by atoms with van der Waals surface area (Å²) in [7, 11) is 0. The Labute approximate surface area is 112 Å². The Morgan fingerprint density at radius 3 is 2.33 bits per heavy atom. The van der Waals surface area contributed by atoms with E-state index in [1.165, 1.54) is 19.3 Å². The first-order valence-electron chi connectivity index (χ1n) is 7.28. The maximum Gasteiger partial charge on any atom is 0.0976 e. The van der Waals surface area contributed by atoms with Crippen LogP contribution in [-0.2, 0) is 4.74 Å². The van der Waals surface area contributed by atoms with Crippen molar-refractivity contribution in [2.24, 2.45) is 11.8 Å². The van der Waals surface area contributed by atoms with E-state index in [-0.39, 0.29) is 6.04 Å². The number of nitriles is 1. The fourth-order valence-electron chi connectivity index (χ4n) is 2.95. The molecule has 1 rings (SSSR count). The third-order valence-corrected chi connectivity index (χ3v) is 3.59. The van der Waals surface area contributed by atoms with Crippen molar-refractivity contribution in [1.82, 2.24) is 5.32 Å². The molecule has 0 aliphatic heterocycles. The molecule has 3 heteroatoms. The van der Waals surface area contributed by atoms with Crippen LogP contribution in [0, 0.1) is 23.2 Å². The first-order valence-corrected chi connectivity index (χ1v) is 7.28. The lowest BCUT2D eigenvalue weighted by Gasteiger charge is -2.31. The Morgan fingerprint density at radius 1 is 1.22 bits per heavy atom. The largest absolute Gasteiger partial charge is 0.378 e. The van der Waals surface area contributed by atoms with Gasteiger partial charge in [0.1, 0.15) is 0 Å². The average Bonchev–Trinajstić information content (AvgIpc) is 2.25. The van der Waals surface area contributed by atoms with Gasteiger partial charge in [0.15, 0.2) is 0 Å². The second-order valence-electron chi connectivity index (χ2n) is 6.20. The van der Waals surface area contributed by atoms with E-state index < -0.39 is 0 Å². The van der Waals surface area contributed by atoms with E-state index in [2.05, 4.69) is 39.1 Å². The Balaban J connectivity index is 2.22. The van der Waals surface area contributed by atoms with Crippen LogP contribution in [0.1, 0.15) is 53.4 Å². The fraction of sp³-hybridized carbons (Fsp3) is 0.933. The normalized spacial score (nSPS) is 30.1. The highest BCUT2D eigenvalue weighted by Gasteiger charge is 2.24. The maximum atomic E-state index is 9.03. The molecule has 3 atom stereocenters. The molecule has 1 N–H and O–H groups in total. The molecule has 0 heterocycles. The maximum absolute atomic E-state index is 9.03. The minimum atomic E-state index is -0.0802. The lowest BCUT2D eigenvalue weighted by molar-refractivity contribution is -0.00147. The molecule has 0 amide bonds. The number of hydrogen-bond acceptors (Lipinski definition) is 3. The van der Waals surface area contributed by atoms with E-state index in [0.717, 1.165) is 18.3 Å². The molecule has 0 spiro atoms. The van der Waals surface area contributed by atoms with Gasteiger partial charge in [0.25, 0.3) is 0 Å². The molecule has 0 aromatic heterocycles. The molecule has 1 fully saturated rings. The first kappa shape index (κ1) is 15.5. The van der Waals surface area contributed by atoms with Gasteiger partial charge in [0.05, 0.1) is 18.2 Å². The van der Waals surface area contributed by atoms with Gasteiger partial charge in [-0.05, 0) is 51.4 Å². The molecule has 0 bridgehead atoms. The van der Waals surface area contributed by atoms with Gasteiger partial charge in [-0.2, -0.15) is 5.26 Å². The number of ether oxygens (including phenoxy) is 1. The lowest BCUT2D eigenvalue weighted by atomic mass is 9.82. The van der Waals surface area contributed by atoms with Gasteiger partial charge in [-0.15, -0.1) is 0 Å². The molecular formula is C15H28N2O. The fourth-order valence-corrected chi connectivity index (χ4v) is 2.95. The van der Waals surface area contributed by atoms with Gasteiger partial charge in [-0.3, -0.25) is 5.32 Å². The summed E-state index contributed by atoms with van der Waals surface area (Å²) < 4.78 is 5.95. The van der Waals surface area contributed by atoms with Crippen LogP contribution in [0.2, 0.25) is 0 Å². The second-order valence-corrected chi connectivity index (χ2v) is 6.20. The van der Waals surface area contributed by atoms with Crippen LogP contribution >= 0.6 is 0 Å². The van der Waals surface area contributed by atoms with E-state index in [4.69, 9.17) is 10.00 Å². The van der Waals surface area contributed by atoms with Crippen LogP contribution in [0.25, 0.3) is 0 Å². The zero-order valence-corrected chi connectivity index (χ0v) is 12.3. The predicted octanol–water partition coefficient (Wildman–Crippen LogP) is 3.11. The summed E-state index contributed by atoms with van der Waals surface area (Å²) >= 11 is 0. The molecule has 3 unspecified atom stereocenters. The molecule has 0 radical (unpaired) electrons. The van der Waals surface area contributed by atoms with Crippen LogP contribution in [-0.4, -0.2) is 24.8 Å². The molecule has 0 aromatic rings. The van der Waals surface area contributed by atoms with E-state index in [1.54, 1.807) is 0 Å². The summed E-state index contributed by atoms with van der Waals surface area (Å²) in [6, 6.07) is 2.57. The number of nitrogens with one attached hydrogen (secondary N) is 1. The van der Waals surface area contributed by atoms with Crippen molar-refractivity contribution in [3.63, 3.8) is 0 Å². The Morgan fingerprint density at radius 2 is 1.83 bits per heavy atom. The van der Waals surface area contributed by atoms with E-state index in [0.29, 0.717) is 18.8 Å². The first-order chi connectivity index (χ1) is 8.51. The van der Waals surface area contributed by atoms with Crippen molar-refractivity contribution in [3.05, 3.63) is 0 Å². The highest BCUT2D eigenvalue weighted by Crippen LogP contribution is 2.30. The van der Waals surface area contributed by atoms with Gasteiger partial charge in [0.2, 0.25) is 0 Å². The van der Waals surface area contributed by atoms with E-state index in [1.807, 2.05) is 0 Å². The van der Waals surface area contributed by atoms with Crippen LogP contribution in [0.4, 0.5) is 0 Å². The van der Waals surface area contributed by atoms with Crippen LogP contribution in [0.5, 0.6) is 0 Å². The van der Waals surface area contributed by atoms with Crippen molar-refractivity contribution < 1.29 is 4.74 Å². The molecule has 104 valence electrons. The molecule has 0 aromatic carbocycles. The summed E-state index contributed by atoms with van der Waals surface area (Å²) in [5, 5.41) is 12.3. The Bertz CT molecular complexity index is 262. The summed E-state index contributed by atoms with van der Waals surface area (Å²) in [6.45, 7) is 9.45. The van der Waals surface area contributed by atoms with Gasteiger partial charge < -0.3 is 4.74 Å². The number of nitrogens with zero attached hydrogens (tertiary/aromatic N) is 1. The highest BCUT2D eigenvalue weighted by molar-refractivity contribution is 4.90. The molecule has 1 aliphatic carbocycles. The minimum Gasteiger partial charge on any atom is -0.378 e. The van der Waals surface area contributed by atoms with Crippen molar-refractivity contribution >= 4 is 0 Å². The van der Waals surface area contributed by atoms with Crippen molar-refractivity contribution in [2.75, 3.05) is 6.61 Å². The SMILES string of the molecule is CC1CC(C)CC(OCCC(C#N)NC(C)C)C1. The van der Waals surface area contributed by atoms with Gasteiger partial charge in [0, 0.05) is 12.6 Å².